The van der Waals surface area contributed by atoms with Crippen LogP contribution in [0.4, 0.5) is 22.0 Å². The third-order valence-corrected chi connectivity index (χ3v) is 4.03. The molecule has 140 valence electrons. The van der Waals surface area contributed by atoms with Gasteiger partial charge < -0.3 is 15.2 Å². The number of aliphatic hydroxyl groups excluding tert-OH is 1. The molecule has 1 aromatic rings. The zero-order valence-corrected chi connectivity index (χ0v) is 13.3. The number of halogens is 5. The van der Waals surface area contributed by atoms with Gasteiger partial charge in [-0.25, -0.2) is 8.78 Å². The van der Waals surface area contributed by atoms with Gasteiger partial charge in [0.15, 0.2) is 0 Å². The maximum atomic E-state index is 12.8. The molecule has 0 aromatic heterocycles. The molecular weight excluding hydrogens is 349 g/mol. The molecule has 4 nitrogen and oxygen atoms in total. The number of ether oxygens (including phenoxy) is 1. The number of aliphatic hydroxyl groups is 1. The minimum Gasteiger partial charge on any atom is -0.406 e. The minimum absolute atomic E-state index is 0.343. The lowest BCUT2D eigenvalue weighted by Crippen LogP contribution is -2.44. The fraction of sp³-hybridized carbons (Fsp3) is 0.562. The highest BCUT2D eigenvalue weighted by Crippen LogP contribution is 2.44. The van der Waals surface area contributed by atoms with Gasteiger partial charge in [0.1, 0.15) is 5.75 Å². The van der Waals surface area contributed by atoms with Gasteiger partial charge in [-0.2, -0.15) is 0 Å². The van der Waals surface area contributed by atoms with Crippen LogP contribution in [-0.2, 0) is 4.79 Å². The van der Waals surface area contributed by atoms with Crippen molar-refractivity contribution in [3.8, 4) is 5.75 Å². The first-order valence-corrected chi connectivity index (χ1v) is 7.66. The average molecular weight is 367 g/mol. The van der Waals surface area contributed by atoms with E-state index in [0.29, 0.717) is 5.56 Å². The molecule has 1 fully saturated rings. The molecule has 2 atom stereocenters. The number of carbonyl (C=O) groups excluding carboxylic acids is 1. The molecule has 0 bridgehead atoms. The molecule has 1 saturated carbocycles. The number of hydrogen-bond acceptors (Lipinski definition) is 3. The Morgan fingerprint density at radius 1 is 1.40 bits per heavy atom. The van der Waals surface area contributed by atoms with Crippen LogP contribution in [0.25, 0.3) is 0 Å². The standard InChI is InChI=1S/C16H18F5NO3/c1-9(10-3-2-4-12(5-10)25-16(19,20)21)22-14(24)6-13(23)11-7-15(17,18)8-11/h2-5,9,11,13,23H,6-8H2,1H3,(H,22,24)/t9-,13?/m0/s1. The van der Waals surface area contributed by atoms with Gasteiger partial charge in [-0.15, -0.1) is 13.2 Å². The fourth-order valence-corrected chi connectivity index (χ4v) is 2.70. The second-order valence-electron chi connectivity index (χ2n) is 6.21. The lowest BCUT2D eigenvalue weighted by atomic mass is 9.76. The Balaban J connectivity index is 1.87. The maximum absolute atomic E-state index is 12.8. The zero-order valence-electron chi connectivity index (χ0n) is 13.3. The van der Waals surface area contributed by atoms with Crippen LogP contribution in [0.1, 0.15) is 37.8 Å². The average Bonchev–Trinajstić information content (AvgIpc) is 2.42. The highest BCUT2D eigenvalue weighted by Gasteiger charge is 2.48. The summed E-state index contributed by atoms with van der Waals surface area (Å²) in [5.74, 6) is -4.39. The Hall–Kier alpha value is -1.90. The molecule has 2 rings (SSSR count). The van der Waals surface area contributed by atoms with Crippen LogP contribution in [0.5, 0.6) is 5.75 Å². The van der Waals surface area contributed by atoms with Crippen LogP contribution in [0.15, 0.2) is 24.3 Å². The van der Waals surface area contributed by atoms with Crippen molar-refractivity contribution >= 4 is 5.91 Å². The Morgan fingerprint density at radius 2 is 2.04 bits per heavy atom. The Morgan fingerprint density at radius 3 is 2.60 bits per heavy atom. The van der Waals surface area contributed by atoms with E-state index in [0.717, 1.165) is 12.1 Å². The van der Waals surface area contributed by atoms with Crippen LogP contribution >= 0.6 is 0 Å². The quantitative estimate of drug-likeness (QED) is 0.756. The van der Waals surface area contributed by atoms with Gasteiger partial charge in [0, 0.05) is 12.8 Å². The van der Waals surface area contributed by atoms with Crippen molar-refractivity contribution in [2.45, 2.75) is 50.6 Å². The van der Waals surface area contributed by atoms with E-state index in [4.69, 9.17) is 0 Å². The number of alkyl halides is 5. The Labute approximate surface area is 141 Å². The smallest absolute Gasteiger partial charge is 0.406 e. The van der Waals surface area contributed by atoms with Gasteiger partial charge in [-0.05, 0) is 30.5 Å². The first-order chi connectivity index (χ1) is 11.5. The molecule has 0 aliphatic heterocycles. The molecular formula is C16H18F5NO3. The summed E-state index contributed by atoms with van der Waals surface area (Å²) < 4.78 is 66.0. The summed E-state index contributed by atoms with van der Waals surface area (Å²) >= 11 is 0. The van der Waals surface area contributed by atoms with Crippen molar-refractivity contribution in [2.75, 3.05) is 0 Å². The van der Waals surface area contributed by atoms with Gasteiger partial charge in [0.2, 0.25) is 11.8 Å². The monoisotopic (exact) mass is 367 g/mol. The summed E-state index contributed by atoms with van der Waals surface area (Å²) in [5.41, 5.74) is 0.375. The second-order valence-corrected chi connectivity index (χ2v) is 6.21. The molecule has 1 amide bonds. The molecule has 1 aromatic carbocycles. The topological polar surface area (TPSA) is 58.6 Å². The normalized spacial score (nSPS) is 19.6. The number of carbonyl (C=O) groups is 1. The Bertz CT molecular complexity index is 612. The molecule has 25 heavy (non-hydrogen) atoms. The molecule has 0 spiro atoms. The van der Waals surface area contributed by atoms with E-state index in [1.807, 2.05) is 0 Å². The molecule has 1 aliphatic rings. The maximum Gasteiger partial charge on any atom is 0.573 e. The van der Waals surface area contributed by atoms with Gasteiger partial charge in [-0.1, -0.05) is 12.1 Å². The van der Waals surface area contributed by atoms with Crippen molar-refractivity contribution in [2.24, 2.45) is 5.92 Å². The molecule has 0 saturated heterocycles. The molecule has 0 radical (unpaired) electrons. The third kappa shape index (κ3) is 5.84. The first-order valence-electron chi connectivity index (χ1n) is 7.66. The first kappa shape index (κ1) is 19.4. The SMILES string of the molecule is C[C@H](NC(=O)CC(O)C1CC(F)(F)C1)c1cccc(OC(F)(F)F)c1. The number of benzene rings is 1. The summed E-state index contributed by atoms with van der Waals surface area (Å²) in [6.07, 6.45) is -7.24. The van der Waals surface area contributed by atoms with Crippen molar-refractivity contribution in [1.29, 1.82) is 0 Å². The van der Waals surface area contributed by atoms with Gasteiger partial charge in [0.25, 0.3) is 0 Å². The molecule has 1 aliphatic carbocycles. The number of nitrogens with one attached hydrogen (secondary N) is 1. The van der Waals surface area contributed by atoms with E-state index in [-0.39, 0.29) is 6.42 Å². The van der Waals surface area contributed by atoms with Gasteiger partial charge >= 0.3 is 6.36 Å². The van der Waals surface area contributed by atoms with E-state index in [9.17, 15) is 31.9 Å². The second kappa shape index (κ2) is 7.15. The van der Waals surface area contributed by atoms with Gasteiger partial charge in [-0.3, -0.25) is 4.79 Å². The third-order valence-electron chi connectivity index (χ3n) is 4.03. The van der Waals surface area contributed by atoms with Crippen LogP contribution in [-0.4, -0.2) is 29.4 Å². The predicted molar refractivity (Wildman–Crippen MR) is 78.0 cm³/mol. The van der Waals surface area contributed by atoms with E-state index >= 15 is 0 Å². The largest absolute Gasteiger partial charge is 0.573 e. The van der Waals surface area contributed by atoms with E-state index in [2.05, 4.69) is 10.1 Å². The highest BCUT2D eigenvalue weighted by atomic mass is 19.4. The Kier molecular flexibility index (Phi) is 5.55. The summed E-state index contributed by atoms with van der Waals surface area (Å²) in [6.45, 7) is 1.55. The van der Waals surface area contributed by atoms with E-state index < -0.39 is 54.8 Å². The molecule has 1 unspecified atom stereocenters. The van der Waals surface area contributed by atoms with Crippen LogP contribution in [0.3, 0.4) is 0 Å². The number of rotatable bonds is 6. The van der Waals surface area contributed by atoms with Crippen molar-refractivity contribution in [1.82, 2.24) is 5.32 Å². The lowest BCUT2D eigenvalue weighted by molar-refractivity contribution is -0.274. The minimum atomic E-state index is -4.82. The number of hydrogen-bond donors (Lipinski definition) is 2. The fourth-order valence-electron chi connectivity index (χ4n) is 2.70. The lowest BCUT2D eigenvalue weighted by Gasteiger charge is -2.37. The van der Waals surface area contributed by atoms with Crippen molar-refractivity contribution < 1.29 is 36.6 Å². The summed E-state index contributed by atoms with van der Waals surface area (Å²) in [7, 11) is 0. The van der Waals surface area contributed by atoms with E-state index in [1.165, 1.54) is 12.1 Å². The van der Waals surface area contributed by atoms with Crippen LogP contribution < -0.4 is 10.1 Å². The molecule has 0 heterocycles. The predicted octanol–water partition coefficient (Wildman–Crippen LogP) is 3.56. The van der Waals surface area contributed by atoms with E-state index in [1.54, 1.807) is 6.92 Å². The van der Waals surface area contributed by atoms with Crippen LogP contribution in [0, 0.1) is 5.92 Å². The summed E-state index contributed by atoms with van der Waals surface area (Å²) in [6, 6.07) is 4.49. The zero-order chi connectivity index (χ0) is 18.8. The number of amides is 1. The highest BCUT2D eigenvalue weighted by molar-refractivity contribution is 5.77. The van der Waals surface area contributed by atoms with Gasteiger partial charge in [0.05, 0.1) is 18.6 Å². The molecule has 9 heteroatoms. The summed E-state index contributed by atoms with van der Waals surface area (Å²) in [5, 5.41) is 12.3. The molecule has 2 N–H and O–H groups in total. The van der Waals surface area contributed by atoms with Crippen molar-refractivity contribution in [3.05, 3.63) is 29.8 Å². The van der Waals surface area contributed by atoms with Crippen molar-refractivity contribution in [3.63, 3.8) is 0 Å². The van der Waals surface area contributed by atoms with Crippen LogP contribution in [0.2, 0.25) is 0 Å². The summed E-state index contributed by atoms with van der Waals surface area (Å²) in [4.78, 5) is 11.9.